The molecule has 0 unspecified atom stereocenters. The number of aliphatic carboxylic acids is 2. The smallest absolute Gasteiger partial charge is 0.550 e. The summed E-state index contributed by atoms with van der Waals surface area (Å²) in [5.41, 5.74) is 0. The second kappa shape index (κ2) is 15.9. The minimum Gasteiger partial charge on any atom is -0.550 e. The van der Waals surface area contributed by atoms with Crippen molar-refractivity contribution < 1.29 is 40.2 Å². The molecule has 0 aliphatic rings. The largest absolute Gasteiger partial charge is 2.00 e. The van der Waals surface area contributed by atoms with Gasteiger partial charge in [0.15, 0.2) is 0 Å². The Morgan fingerprint density at radius 2 is 1.09 bits per heavy atom. The average Bonchev–Trinajstić information content (AvgIpc) is 2.36. The van der Waals surface area contributed by atoms with E-state index in [4.69, 9.17) is 20.4 Å². The van der Waals surface area contributed by atoms with E-state index >= 15 is 0 Å². The van der Waals surface area contributed by atoms with Crippen LogP contribution >= 0.6 is 0 Å². The number of aliphatic hydroxyl groups excluding tert-OH is 4. The molecular formula is C14H22MgO8. The zero-order valence-corrected chi connectivity index (χ0v) is 14.2. The van der Waals surface area contributed by atoms with Crippen molar-refractivity contribution in [3.63, 3.8) is 0 Å². The Bertz CT molecular complexity index is 327. The number of carbonyl (C=O) groups excluding carboxylic acids is 2. The molecule has 0 spiro atoms. The van der Waals surface area contributed by atoms with Crippen molar-refractivity contribution in [2.45, 2.75) is 50.1 Å². The topological polar surface area (TPSA) is 161 Å². The van der Waals surface area contributed by atoms with Crippen molar-refractivity contribution >= 4 is 35.0 Å². The molecule has 0 radical (unpaired) electrons. The van der Waals surface area contributed by atoms with Gasteiger partial charge in [0, 0.05) is 37.6 Å². The number of hydrogen-bond acceptors (Lipinski definition) is 8. The molecule has 0 saturated heterocycles. The van der Waals surface area contributed by atoms with Gasteiger partial charge in [0.1, 0.15) is 0 Å². The first-order chi connectivity index (χ1) is 10.1. The van der Waals surface area contributed by atoms with Crippen LogP contribution in [-0.2, 0) is 9.59 Å². The number of aliphatic hydroxyl groups is 4. The Hall–Kier alpha value is -0.974. The van der Waals surface area contributed by atoms with Crippen LogP contribution in [0.15, 0.2) is 25.3 Å². The molecule has 0 fully saturated rings. The van der Waals surface area contributed by atoms with Gasteiger partial charge in [-0.3, -0.25) is 0 Å². The quantitative estimate of drug-likeness (QED) is 0.234. The predicted octanol–water partition coefficient (Wildman–Crippen LogP) is -3.53. The average molecular weight is 343 g/mol. The third-order valence-corrected chi connectivity index (χ3v) is 2.38. The molecule has 0 rings (SSSR count). The molecule has 0 aromatic rings. The van der Waals surface area contributed by atoms with Gasteiger partial charge >= 0.3 is 23.1 Å². The van der Waals surface area contributed by atoms with Crippen molar-refractivity contribution in [3.05, 3.63) is 25.3 Å². The van der Waals surface area contributed by atoms with Crippen molar-refractivity contribution in [2.75, 3.05) is 0 Å². The number of carboxylic acid groups (broad SMARTS) is 2. The van der Waals surface area contributed by atoms with Gasteiger partial charge in [0.05, 0.1) is 24.4 Å². The second-order valence-corrected chi connectivity index (χ2v) is 4.54. The molecule has 4 N–H and O–H groups in total. The fourth-order valence-corrected chi connectivity index (χ4v) is 1.30. The van der Waals surface area contributed by atoms with Gasteiger partial charge in [0.25, 0.3) is 0 Å². The third-order valence-electron chi connectivity index (χ3n) is 2.38. The molecule has 9 heteroatoms. The van der Waals surface area contributed by atoms with Crippen molar-refractivity contribution in [2.24, 2.45) is 0 Å². The summed E-state index contributed by atoms with van der Waals surface area (Å²) >= 11 is 0. The molecule has 0 aliphatic heterocycles. The van der Waals surface area contributed by atoms with Crippen LogP contribution in [0, 0.1) is 0 Å². The van der Waals surface area contributed by atoms with Crippen LogP contribution < -0.4 is 10.2 Å². The van der Waals surface area contributed by atoms with Gasteiger partial charge in [-0.15, -0.1) is 13.2 Å². The molecule has 128 valence electrons. The summed E-state index contributed by atoms with van der Waals surface area (Å²) in [6.07, 6.45) is -2.31. The molecule has 0 aliphatic carbocycles. The number of carbonyl (C=O) groups is 2. The normalized spacial score (nSPS) is 14.8. The van der Waals surface area contributed by atoms with Crippen molar-refractivity contribution in [1.82, 2.24) is 0 Å². The summed E-state index contributed by atoms with van der Waals surface area (Å²) in [4.78, 5) is 19.8. The van der Waals surface area contributed by atoms with Gasteiger partial charge in [-0.05, 0) is 0 Å². The first-order valence-corrected chi connectivity index (χ1v) is 6.49. The van der Waals surface area contributed by atoms with Gasteiger partial charge in [-0.25, -0.2) is 0 Å². The zero-order valence-electron chi connectivity index (χ0n) is 12.8. The Morgan fingerprint density at radius 3 is 1.26 bits per heavy atom. The minimum atomic E-state index is -1.33. The Morgan fingerprint density at radius 1 is 0.826 bits per heavy atom. The molecular weight excluding hydrogens is 320 g/mol. The first kappa shape index (κ1) is 26.9. The SMILES string of the molecule is C=C[C@@H](O)C[C@@H](O)CC(=O)[O-].C=C[C@@H](O)C[C@@H](O)CC(=O)[O-].[Mg+2]. The number of carboxylic acids is 2. The summed E-state index contributed by atoms with van der Waals surface area (Å²) in [5, 5.41) is 55.3. The third kappa shape index (κ3) is 21.0. The maximum atomic E-state index is 9.90. The van der Waals surface area contributed by atoms with E-state index in [0.717, 1.165) is 0 Å². The fourth-order valence-electron chi connectivity index (χ4n) is 1.30. The van der Waals surface area contributed by atoms with E-state index in [0.29, 0.717) is 0 Å². The van der Waals surface area contributed by atoms with E-state index in [-0.39, 0.29) is 35.9 Å². The zero-order chi connectivity index (χ0) is 17.7. The standard InChI is InChI=1S/2C7H12O4.Mg/c2*1-2-5(8)3-6(9)4-7(10)11;/h2*2,5-6,8-9H,1,3-4H2,(H,10,11);/q;;+2/p-2/t2*5-,6-;/m11./s1. The van der Waals surface area contributed by atoms with E-state index < -0.39 is 49.2 Å². The van der Waals surface area contributed by atoms with Crippen LogP contribution in [0.1, 0.15) is 25.7 Å². The van der Waals surface area contributed by atoms with Gasteiger partial charge < -0.3 is 40.2 Å². The van der Waals surface area contributed by atoms with Crippen LogP contribution in [0.2, 0.25) is 0 Å². The van der Waals surface area contributed by atoms with Crippen LogP contribution in [0.3, 0.4) is 0 Å². The molecule has 0 bridgehead atoms. The summed E-state index contributed by atoms with van der Waals surface area (Å²) in [6, 6.07) is 0. The molecule has 23 heavy (non-hydrogen) atoms. The van der Waals surface area contributed by atoms with E-state index in [1.807, 2.05) is 0 Å². The van der Waals surface area contributed by atoms with E-state index in [1.165, 1.54) is 12.2 Å². The van der Waals surface area contributed by atoms with Crippen molar-refractivity contribution in [3.8, 4) is 0 Å². The maximum absolute atomic E-state index is 9.90. The summed E-state index contributed by atoms with van der Waals surface area (Å²) in [5.74, 6) is -2.65. The van der Waals surface area contributed by atoms with Crippen molar-refractivity contribution in [1.29, 1.82) is 0 Å². The Balaban J connectivity index is -0.000000333. The molecule has 0 heterocycles. The maximum Gasteiger partial charge on any atom is 2.00 e. The molecule has 4 atom stereocenters. The van der Waals surface area contributed by atoms with Crippen LogP contribution in [0.4, 0.5) is 0 Å². The predicted molar refractivity (Wildman–Crippen MR) is 78.7 cm³/mol. The van der Waals surface area contributed by atoms with Crippen LogP contribution in [-0.4, -0.2) is 79.8 Å². The molecule has 0 saturated carbocycles. The molecule has 0 aromatic carbocycles. The van der Waals surface area contributed by atoms with Gasteiger partial charge in [0.2, 0.25) is 0 Å². The summed E-state index contributed by atoms with van der Waals surface area (Å²) < 4.78 is 0. The summed E-state index contributed by atoms with van der Waals surface area (Å²) in [6.45, 7) is 6.54. The monoisotopic (exact) mass is 342 g/mol. The molecule has 8 nitrogen and oxygen atoms in total. The van der Waals surface area contributed by atoms with Gasteiger partial charge in [-0.1, -0.05) is 12.2 Å². The van der Waals surface area contributed by atoms with Crippen LogP contribution in [0.25, 0.3) is 0 Å². The van der Waals surface area contributed by atoms with E-state index in [2.05, 4.69) is 13.2 Å². The Labute approximate surface area is 150 Å². The second-order valence-electron chi connectivity index (χ2n) is 4.54. The van der Waals surface area contributed by atoms with E-state index in [9.17, 15) is 19.8 Å². The number of hydrogen-bond donors (Lipinski definition) is 4. The Kier molecular flexibility index (Phi) is 18.6. The van der Waals surface area contributed by atoms with Crippen LogP contribution in [0.5, 0.6) is 0 Å². The van der Waals surface area contributed by atoms with Gasteiger partial charge in [-0.2, -0.15) is 0 Å². The van der Waals surface area contributed by atoms with E-state index in [1.54, 1.807) is 0 Å². The molecule has 0 amide bonds. The summed E-state index contributed by atoms with van der Waals surface area (Å²) in [7, 11) is 0. The number of rotatable bonds is 10. The first-order valence-electron chi connectivity index (χ1n) is 6.49. The minimum absolute atomic E-state index is 0. The molecule has 0 aromatic heterocycles. The fraction of sp³-hybridized carbons (Fsp3) is 0.571.